The molecule has 0 atom stereocenters. The van der Waals surface area contributed by atoms with Crippen molar-refractivity contribution in [3.8, 4) is 6.07 Å². The normalized spacial score (nSPS) is 11.4. The van der Waals surface area contributed by atoms with E-state index in [1.54, 1.807) is 16.9 Å². The molecule has 0 saturated heterocycles. The van der Waals surface area contributed by atoms with Gasteiger partial charge in [0.1, 0.15) is 11.9 Å². The van der Waals surface area contributed by atoms with Crippen LogP contribution in [0.1, 0.15) is 25.5 Å². The molecule has 2 rings (SSSR count). The van der Waals surface area contributed by atoms with Crippen molar-refractivity contribution in [1.82, 2.24) is 9.78 Å². The standard InChI is InChI=1S/C13H13FN4O2S/c1-9(2)18-8-11(7-16-18)17-21(19,20)12-3-4-13(14)10(5-12)6-15/h3-5,7-9,17H,1-2H3. The predicted octanol–water partition coefficient (Wildman–Crippen LogP) is 2.28. The third-order valence-corrected chi connectivity index (χ3v) is 4.13. The molecule has 0 aliphatic heterocycles. The first-order valence-corrected chi connectivity index (χ1v) is 7.58. The molecule has 0 spiro atoms. The average Bonchev–Trinajstić information content (AvgIpc) is 2.87. The summed E-state index contributed by atoms with van der Waals surface area (Å²) >= 11 is 0. The summed E-state index contributed by atoms with van der Waals surface area (Å²) in [7, 11) is -3.90. The molecule has 110 valence electrons. The Morgan fingerprint density at radius 1 is 1.43 bits per heavy atom. The summed E-state index contributed by atoms with van der Waals surface area (Å²) in [6.07, 6.45) is 2.93. The summed E-state index contributed by atoms with van der Waals surface area (Å²) in [5.74, 6) is -0.760. The Hall–Kier alpha value is -2.40. The molecular weight excluding hydrogens is 295 g/mol. The van der Waals surface area contributed by atoms with Crippen molar-refractivity contribution in [3.05, 3.63) is 42.0 Å². The molecule has 0 saturated carbocycles. The van der Waals surface area contributed by atoms with E-state index in [1.807, 2.05) is 13.8 Å². The second-order valence-corrected chi connectivity index (χ2v) is 6.34. The van der Waals surface area contributed by atoms with Gasteiger partial charge in [-0.05, 0) is 32.0 Å². The van der Waals surface area contributed by atoms with Crippen molar-refractivity contribution < 1.29 is 12.8 Å². The first-order valence-electron chi connectivity index (χ1n) is 6.10. The Balaban J connectivity index is 2.32. The van der Waals surface area contributed by atoms with Gasteiger partial charge in [-0.1, -0.05) is 0 Å². The lowest BCUT2D eigenvalue weighted by Gasteiger charge is -2.07. The van der Waals surface area contributed by atoms with Crippen molar-refractivity contribution in [2.24, 2.45) is 0 Å². The highest BCUT2D eigenvalue weighted by atomic mass is 32.2. The van der Waals surface area contributed by atoms with Crippen LogP contribution in [0.2, 0.25) is 0 Å². The maximum atomic E-state index is 13.2. The molecule has 0 aliphatic carbocycles. The number of benzene rings is 1. The van der Waals surface area contributed by atoms with Crippen LogP contribution in [-0.4, -0.2) is 18.2 Å². The molecule has 2 aromatic rings. The fraction of sp³-hybridized carbons (Fsp3) is 0.231. The lowest BCUT2D eigenvalue weighted by molar-refractivity contribution is 0.532. The van der Waals surface area contributed by atoms with E-state index in [1.165, 1.54) is 6.20 Å². The summed E-state index contributed by atoms with van der Waals surface area (Å²) in [5.41, 5.74) is -0.0257. The van der Waals surface area contributed by atoms with Gasteiger partial charge in [0.2, 0.25) is 0 Å². The van der Waals surface area contributed by atoms with Crippen LogP contribution in [0.25, 0.3) is 0 Å². The molecule has 21 heavy (non-hydrogen) atoms. The van der Waals surface area contributed by atoms with Gasteiger partial charge in [-0.25, -0.2) is 12.8 Å². The quantitative estimate of drug-likeness (QED) is 0.938. The lowest BCUT2D eigenvalue weighted by Crippen LogP contribution is -2.13. The Labute approximate surface area is 121 Å². The summed E-state index contributed by atoms with van der Waals surface area (Å²) < 4.78 is 41.5. The van der Waals surface area contributed by atoms with Gasteiger partial charge in [-0.3, -0.25) is 9.40 Å². The highest BCUT2D eigenvalue weighted by Crippen LogP contribution is 2.19. The van der Waals surface area contributed by atoms with Gasteiger partial charge < -0.3 is 0 Å². The van der Waals surface area contributed by atoms with Crippen molar-refractivity contribution in [2.75, 3.05) is 4.72 Å². The van der Waals surface area contributed by atoms with Crippen LogP contribution in [0.5, 0.6) is 0 Å². The third kappa shape index (κ3) is 3.20. The highest BCUT2D eigenvalue weighted by molar-refractivity contribution is 7.92. The minimum absolute atomic E-state index is 0.0965. The molecule has 0 amide bonds. The number of nitrogens with one attached hydrogen (secondary N) is 1. The van der Waals surface area contributed by atoms with E-state index in [2.05, 4.69) is 9.82 Å². The Morgan fingerprint density at radius 3 is 2.71 bits per heavy atom. The SMILES string of the molecule is CC(C)n1cc(NS(=O)(=O)c2ccc(F)c(C#N)c2)cn1. The van der Waals surface area contributed by atoms with Crippen molar-refractivity contribution in [2.45, 2.75) is 24.8 Å². The maximum absolute atomic E-state index is 13.2. The Bertz CT molecular complexity index is 806. The molecule has 6 nitrogen and oxygen atoms in total. The fourth-order valence-corrected chi connectivity index (χ4v) is 2.70. The van der Waals surface area contributed by atoms with Gasteiger partial charge in [0, 0.05) is 12.2 Å². The number of anilines is 1. The topological polar surface area (TPSA) is 87.8 Å². The van der Waals surface area contributed by atoms with Crippen LogP contribution in [0.15, 0.2) is 35.5 Å². The zero-order valence-corrected chi connectivity index (χ0v) is 12.2. The van der Waals surface area contributed by atoms with E-state index in [4.69, 9.17) is 5.26 Å². The smallest absolute Gasteiger partial charge is 0.262 e. The van der Waals surface area contributed by atoms with Crippen molar-refractivity contribution >= 4 is 15.7 Å². The van der Waals surface area contributed by atoms with Gasteiger partial charge in [-0.2, -0.15) is 10.4 Å². The molecule has 1 aromatic heterocycles. The lowest BCUT2D eigenvalue weighted by atomic mass is 10.2. The van der Waals surface area contributed by atoms with Gasteiger partial charge in [-0.15, -0.1) is 0 Å². The number of halogens is 1. The predicted molar refractivity (Wildman–Crippen MR) is 74.5 cm³/mol. The summed E-state index contributed by atoms with van der Waals surface area (Å²) in [4.78, 5) is -0.183. The van der Waals surface area contributed by atoms with Crippen LogP contribution >= 0.6 is 0 Å². The monoisotopic (exact) mass is 308 g/mol. The zero-order valence-electron chi connectivity index (χ0n) is 11.4. The zero-order chi connectivity index (χ0) is 15.6. The molecule has 8 heteroatoms. The Morgan fingerprint density at radius 2 is 2.14 bits per heavy atom. The van der Waals surface area contributed by atoms with E-state index in [9.17, 15) is 12.8 Å². The molecule has 1 aromatic carbocycles. The number of sulfonamides is 1. The molecule has 0 unspecified atom stereocenters. The number of nitriles is 1. The number of nitrogens with zero attached hydrogens (tertiary/aromatic N) is 3. The number of hydrogen-bond acceptors (Lipinski definition) is 4. The molecule has 0 radical (unpaired) electrons. The van der Waals surface area contributed by atoms with E-state index in [-0.39, 0.29) is 16.5 Å². The summed E-state index contributed by atoms with van der Waals surface area (Å²) in [6, 6.07) is 4.75. The van der Waals surface area contributed by atoms with Crippen molar-refractivity contribution in [1.29, 1.82) is 5.26 Å². The van der Waals surface area contributed by atoms with Gasteiger partial charge in [0.05, 0.1) is 22.3 Å². The second kappa shape index (κ2) is 5.54. The largest absolute Gasteiger partial charge is 0.276 e. The van der Waals surface area contributed by atoms with Crippen LogP contribution in [0.4, 0.5) is 10.1 Å². The van der Waals surface area contributed by atoms with Crippen LogP contribution < -0.4 is 4.72 Å². The van der Waals surface area contributed by atoms with Gasteiger partial charge in [0.15, 0.2) is 0 Å². The summed E-state index contributed by atoms with van der Waals surface area (Å²) in [6.45, 7) is 3.81. The first kappa shape index (κ1) is 15.0. The Kier molecular flexibility index (Phi) is 3.95. The average molecular weight is 308 g/mol. The van der Waals surface area contributed by atoms with Crippen molar-refractivity contribution in [3.63, 3.8) is 0 Å². The molecule has 0 fully saturated rings. The molecule has 0 aliphatic rings. The highest BCUT2D eigenvalue weighted by Gasteiger charge is 2.17. The van der Waals surface area contributed by atoms with Crippen LogP contribution in [0.3, 0.4) is 0 Å². The maximum Gasteiger partial charge on any atom is 0.262 e. The van der Waals surface area contributed by atoms with Crippen LogP contribution in [-0.2, 0) is 10.0 Å². The molecular formula is C13H13FN4O2S. The number of rotatable bonds is 4. The molecule has 1 N–H and O–H groups in total. The first-order chi connectivity index (χ1) is 9.83. The second-order valence-electron chi connectivity index (χ2n) is 4.66. The number of aromatic nitrogens is 2. The minimum Gasteiger partial charge on any atom is -0.276 e. The molecule has 0 bridgehead atoms. The molecule has 1 heterocycles. The van der Waals surface area contributed by atoms with Gasteiger partial charge in [0.25, 0.3) is 10.0 Å². The van der Waals surface area contributed by atoms with E-state index in [0.717, 1.165) is 18.2 Å². The minimum atomic E-state index is -3.90. The van der Waals surface area contributed by atoms with E-state index < -0.39 is 15.8 Å². The summed E-state index contributed by atoms with van der Waals surface area (Å²) in [5, 5.41) is 12.8. The van der Waals surface area contributed by atoms with Gasteiger partial charge >= 0.3 is 0 Å². The third-order valence-electron chi connectivity index (χ3n) is 2.75. The van der Waals surface area contributed by atoms with E-state index in [0.29, 0.717) is 5.69 Å². The van der Waals surface area contributed by atoms with Crippen LogP contribution in [0, 0.1) is 17.1 Å². The number of hydrogen-bond donors (Lipinski definition) is 1. The fourth-order valence-electron chi connectivity index (χ4n) is 1.64. The van der Waals surface area contributed by atoms with E-state index >= 15 is 0 Å².